The highest BCUT2D eigenvalue weighted by atomic mass is 16.5. The third-order valence-corrected chi connectivity index (χ3v) is 6.41. The summed E-state index contributed by atoms with van der Waals surface area (Å²) in [4.78, 5) is 22.9. The molecule has 0 aliphatic carbocycles. The predicted molar refractivity (Wildman–Crippen MR) is 144 cm³/mol. The number of carboxylic acid groups (broad SMARTS) is 1. The van der Waals surface area contributed by atoms with Crippen LogP contribution in [0, 0.1) is 5.92 Å². The van der Waals surface area contributed by atoms with E-state index < -0.39 is 17.9 Å². The third-order valence-electron chi connectivity index (χ3n) is 6.41. The standard InChI is InChI=1S/C30H54O4/c1-3-5-6-7-8-9-10-11-12-13-14-15-16-17-18-19-20-21-22-23-24-25-28(27-29(31)32)30(33)34-26-4-2/h4,8-9,28H,2-3,5-7,10-27H2,1H3,(H,31,32)/b9-8+. The number of allylic oxidation sites excluding steroid dienone is 2. The van der Waals surface area contributed by atoms with Crippen LogP contribution in [0.25, 0.3) is 0 Å². The van der Waals surface area contributed by atoms with Crippen LogP contribution in [0.3, 0.4) is 0 Å². The van der Waals surface area contributed by atoms with Gasteiger partial charge in [0, 0.05) is 0 Å². The minimum Gasteiger partial charge on any atom is -0.481 e. The molecule has 4 nitrogen and oxygen atoms in total. The molecule has 0 spiro atoms. The van der Waals surface area contributed by atoms with Crippen molar-refractivity contribution in [3.8, 4) is 0 Å². The van der Waals surface area contributed by atoms with Gasteiger partial charge in [0.15, 0.2) is 0 Å². The zero-order chi connectivity index (χ0) is 25.1. The van der Waals surface area contributed by atoms with Gasteiger partial charge in [0.1, 0.15) is 6.61 Å². The van der Waals surface area contributed by atoms with E-state index in [4.69, 9.17) is 9.84 Å². The SMILES string of the molecule is C=CCOC(=O)C(CCCCCCCCCCCCCCCC/C=C/CCCCC)CC(=O)O. The molecule has 1 N–H and O–H groups in total. The third kappa shape index (κ3) is 23.6. The molecule has 0 aliphatic heterocycles. The van der Waals surface area contributed by atoms with Crippen molar-refractivity contribution in [2.45, 2.75) is 142 Å². The van der Waals surface area contributed by atoms with Crippen molar-refractivity contribution in [2.24, 2.45) is 5.92 Å². The molecule has 0 bridgehead atoms. The van der Waals surface area contributed by atoms with E-state index in [1.807, 2.05) is 0 Å². The van der Waals surface area contributed by atoms with Gasteiger partial charge in [-0.25, -0.2) is 0 Å². The second-order valence-corrected chi connectivity index (χ2v) is 9.71. The number of carboxylic acids is 1. The van der Waals surface area contributed by atoms with Crippen molar-refractivity contribution in [1.82, 2.24) is 0 Å². The van der Waals surface area contributed by atoms with Crippen LogP contribution in [0.1, 0.15) is 142 Å². The van der Waals surface area contributed by atoms with Gasteiger partial charge in [-0.05, 0) is 32.1 Å². The summed E-state index contributed by atoms with van der Waals surface area (Å²) < 4.78 is 5.03. The second-order valence-electron chi connectivity index (χ2n) is 9.71. The van der Waals surface area contributed by atoms with Crippen molar-refractivity contribution < 1.29 is 19.4 Å². The lowest BCUT2D eigenvalue weighted by Gasteiger charge is -2.13. The Hall–Kier alpha value is -1.58. The maximum Gasteiger partial charge on any atom is 0.309 e. The molecule has 1 atom stereocenters. The predicted octanol–water partition coefficient (Wildman–Crippen LogP) is 9.18. The molecule has 4 heteroatoms. The molecule has 0 amide bonds. The Bertz CT molecular complexity index is 512. The van der Waals surface area contributed by atoms with Gasteiger partial charge in [0.05, 0.1) is 12.3 Å². The van der Waals surface area contributed by atoms with Crippen LogP contribution >= 0.6 is 0 Å². The molecule has 0 saturated heterocycles. The van der Waals surface area contributed by atoms with Crippen LogP contribution < -0.4 is 0 Å². The zero-order valence-electron chi connectivity index (χ0n) is 22.2. The maximum atomic E-state index is 11.9. The van der Waals surface area contributed by atoms with E-state index >= 15 is 0 Å². The topological polar surface area (TPSA) is 63.6 Å². The molecular weight excluding hydrogens is 424 g/mol. The Morgan fingerprint density at radius 2 is 1.18 bits per heavy atom. The molecule has 1 unspecified atom stereocenters. The Labute approximate surface area is 210 Å². The number of aliphatic carboxylic acids is 1. The highest BCUT2D eigenvalue weighted by molar-refractivity contribution is 5.79. The minimum atomic E-state index is -0.943. The maximum absolute atomic E-state index is 11.9. The van der Waals surface area contributed by atoms with Gasteiger partial charge in [-0.1, -0.05) is 128 Å². The molecule has 0 rings (SSSR count). The molecule has 0 aromatic heterocycles. The van der Waals surface area contributed by atoms with E-state index in [0.717, 1.165) is 19.3 Å². The van der Waals surface area contributed by atoms with E-state index in [1.54, 1.807) is 0 Å². The van der Waals surface area contributed by atoms with Crippen molar-refractivity contribution in [3.05, 3.63) is 24.8 Å². The van der Waals surface area contributed by atoms with Crippen molar-refractivity contribution in [2.75, 3.05) is 6.61 Å². The van der Waals surface area contributed by atoms with Gasteiger partial charge in [-0.2, -0.15) is 0 Å². The number of ether oxygens (including phenoxy) is 1. The Morgan fingerprint density at radius 1 is 0.735 bits per heavy atom. The van der Waals surface area contributed by atoms with Crippen LogP contribution in [0.2, 0.25) is 0 Å². The van der Waals surface area contributed by atoms with Gasteiger partial charge < -0.3 is 9.84 Å². The van der Waals surface area contributed by atoms with Gasteiger partial charge in [-0.3, -0.25) is 9.59 Å². The first kappa shape index (κ1) is 32.4. The highest BCUT2D eigenvalue weighted by Gasteiger charge is 2.22. The Kier molecular flexibility index (Phi) is 24.8. The van der Waals surface area contributed by atoms with E-state index in [1.165, 1.54) is 109 Å². The smallest absolute Gasteiger partial charge is 0.309 e. The quantitative estimate of drug-likeness (QED) is 0.0764. The summed E-state index contributed by atoms with van der Waals surface area (Å²) >= 11 is 0. The van der Waals surface area contributed by atoms with Gasteiger partial charge in [0.25, 0.3) is 0 Å². The average molecular weight is 479 g/mol. The molecule has 0 heterocycles. The lowest BCUT2D eigenvalue weighted by Crippen LogP contribution is -2.21. The number of unbranched alkanes of at least 4 members (excludes halogenated alkanes) is 17. The van der Waals surface area contributed by atoms with E-state index in [2.05, 4.69) is 25.7 Å². The first-order chi connectivity index (χ1) is 16.6. The lowest BCUT2D eigenvalue weighted by molar-refractivity contribution is -0.152. The van der Waals surface area contributed by atoms with Gasteiger partial charge >= 0.3 is 11.9 Å². The molecular formula is C30H54O4. The summed E-state index contributed by atoms with van der Waals surface area (Å²) in [6, 6.07) is 0. The van der Waals surface area contributed by atoms with Gasteiger partial charge in [0.2, 0.25) is 0 Å². The molecule has 0 radical (unpaired) electrons. The molecule has 0 fully saturated rings. The number of hydrogen-bond acceptors (Lipinski definition) is 3. The molecule has 34 heavy (non-hydrogen) atoms. The summed E-state index contributed by atoms with van der Waals surface area (Å²) in [5.41, 5.74) is 0. The van der Waals surface area contributed by atoms with Crippen LogP contribution in [-0.4, -0.2) is 23.7 Å². The normalized spacial score (nSPS) is 12.1. The fourth-order valence-corrected chi connectivity index (χ4v) is 4.30. The first-order valence-electron chi connectivity index (χ1n) is 14.3. The fourth-order valence-electron chi connectivity index (χ4n) is 4.30. The fraction of sp³-hybridized carbons (Fsp3) is 0.800. The minimum absolute atomic E-state index is 0.145. The number of rotatable bonds is 26. The lowest BCUT2D eigenvalue weighted by atomic mass is 9.97. The number of esters is 1. The summed E-state index contributed by atoms with van der Waals surface area (Å²) in [5, 5.41) is 9.00. The molecule has 0 aliphatic rings. The summed E-state index contributed by atoms with van der Waals surface area (Å²) in [6.07, 6.45) is 31.2. The zero-order valence-corrected chi connectivity index (χ0v) is 22.2. The highest BCUT2D eigenvalue weighted by Crippen LogP contribution is 2.18. The van der Waals surface area contributed by atoms with Crippen LogP contribution in [-0.2, 0) is 14.3 Å². The number of carbonyl (C=O) groups excluding carboxylic acids is 1. The van der Waals surface area contributed by atoms with Crippen molar-refractivity contribution in [1.29, 1.82) is 0 Å². The van der Waals surface area contributed by atoms with E-state index in [9.17, 15) is 9.59 Å². The second kappa shape index (κ2) is 26.0. The van der Waals surface area contributed by atoms with Crippen molar-refractivity contribution >= 4 is 11.9 Å². The first-order valence-corrected chi connectivity index (χ1v) is 14.3. The van der Waals surface area contributed by atoms with Crippen molar-refractivity contribution in [3.63, 3.8) is 0 Å². The molecule has 0 aromatic rings. The number of carbonyl (C=O) groups is 2. The van der Waals surface area contributed by atoms with E-state index in [-0.39, 0.29) is 13.0 Å². The Morgan fingerprint density at radius 3 is 1.62 bits per heavy atom. The monoisotopic (exact) mass is 478 g/mol. The summed E-state index contributed by atoms with van der Waals surface area (Å²) in [7, 11) is 0. The van der Waals surface area contributed by atoms with E-state index in [0.29, 0.717) is 6.42 Å². The van der Waals surface area contributed by atoms with Crippen LogP contribution in [0.4, 0.5) is 0 Å². The molecule has 0 saturated carbocycles. The average Bonchev–Trinajstić information content (AvgIpc) is 2.82. The summed E-state index contributed by atoms with van der Waals surface area (Å²) in [6.45, 7) is 5.92. The van der Waals surface area contributed by atoms with Crippen LogP contribution in [0.5, 0.6) is 0 Å². The van der Waals surface area contributed by atoms with Crippen LogP contribution in [0.15, 0.2) is 24.8 Å². The molecule has 0 aromatic carbocycles. The Balaban J connectivity index is 3.41. The largest absolute Gasteiger partial charge is 0.481 e. The molecule has 198 valence electrons. The summed E-state index contributed by atoms with van der Waals surface area (Å²) in [5.74, 6) is -1.89. The number of hydrogen-bond donors (Lipinski definition) is 1. The van der Waals surface area contributed by atoms with Gasteiger partial charge in [-0.15, -0.1) is 0 Å².